The number of amides is 1. The fraction of sp³-hybridized carbons (Fsp3) is 0.200. The number of carbonyl (C=O) groups is 1. The third kappa shape index (κ3) is 3.15. The molecule has 0 bridgehead atoms. The fourth-order valence-electron chi connectivity index (χ4n) is 3.11. The van der Waals surface area contributed by atoms with Gasteiger partial charge in [0.1, 0.15) is 5.69 Å². The SMILES string of the molecule is CN(c1ccccc1)c1nc(C(=O)N2CCc3ccccc3C2)cs1. The molecule has 1 aliphatic rings. The van der Waals surface area contributed by atoms with Crippen molar-refractivity contribution in [1.82, 2.24) is 9.88 Å². The van der Waals surface area contributed by atoms with E-state index < -0.39 is 0 Å². The van der Waals surface area contributed by atoms with Gasteiger partial charge in [0.2, 0.25) is 0 Å². The Bertz CT molecular complexity index is 891. The van der Waals surface area contributed by atoms with Gasteiger partial charge in [0, 0.05) is 31.2 Å². The summed E-state index contributed by atoms with van der Waals surface area (Å²) >= 11 is 1.50. The van der Waals surface area contributed by atoms with E-state index >= 15 is 0 Å². The Labute approximate surface area is 151 Å². The molecule has 0 unspecified atom stereocenters. The average Bonchev–Trinajstić information content (AvgIpc) is 3.17. The highest BCUT2D eigenvalue weighted by atomic mass is 32.1. The fourth-order valence-corrected chi connectivity index (χ4v) is 3.89. The van der Waals surface area contributed by atoms with Gasteiger partial charge in [0.15, 0.2) is 5.13 Å². The van der Waals surface area contributed by atoms with Crippen LogP contribution in [0.4, 0.5) is 10.8 Å². The van der Waals surface area contributed by atoms with Crippen molar-refractivity contribution in [2.24, 2.45) is 0 Å². The number of anilines is 2. The minimum atomic E-state index is 0.0125. The predicted octanol–water partition coefficient (Wildman–Crippen LogP) is 4.11. The van der Waals surface area contributed by atoms with Gasteiger partial charge in [0.25, 0.3) is 5.91 Å². The Kier molecular flexibility index (Phi) is 4.24. The van der Waals surface area contributed by atoms with Crippen molar-refractivity contribution in [2.75, 3.05) is 18.5 Å². The molecule has 0 saturated heterocycles. The zero-order chi connectivity index (χ0) is 17.2. The molecule has 3 aromatic rings. The maximum atomic E-state index is 12.8. The first-order chi connectivity index (χ1) is 12.2. The van der Waals surface area contributed by atoms with Crippen LogP contribution in [0, 0.1) is 0 Å². The van der Waals surface area contributed by atoms with Crippen LogP contribution < -0.4 is 4.90 Å². The van der Waals surface area contributed by atoms with Crippen LogP contribution in [0.1, 0.15) is 21.6 Å². The molecule has 0 aliphatic carbocycles. The van der Waals surface area contributed by atoms with Crippen molar-refractivity contribution in [3.8, 4) is 0 Å². The van der Waals surface area contributed by atoms with Crippen LogP contribution in [0.5, 0.6) is 0 Å². The van der Waals surface area contributed by atoms with Gasteiger partial charge in [-0.3, -0.25) is 4.79 Å². The van der Waals surface area contributed by atoms with Crippen LogP contribution in [0.15, 0.2) is 60.0 Å². The van der Waals surface area contributed by atoms with Crippen LogP contribution in [0.2, 0.25) is 0 Å². The molecule has 5 heteroatoms. The molecule has 1 aliphatic heterocycles. The van der Waals surface area contributed by atoms with Crippen molar-refractivity contribution >= 4 is 28.1 Å². The van der Waals surface area contributed by atoms with E-state index in [0.29, 0.717) is 12.2 Å². The van der Waals surface area contributed by atoms with E-state index in [-0.39, 0.29) is 5.91 Å². The first-order valence-corrected chi connectivity index (χ1v) is 9.21. The van der Waals surface area contributed by atoms with Crippen molar-refractivity contribution in [2.45, 2.75) is 13.0 Å². The Hall–Kier alpha value is -2.66. The van der Waals surface area contributed by atoms with Crippen LogP contribution in [-0.4, -0.2) is 29.4 Å². The molecular formula is C20H19N3OS. The lowest BCUT2D eigenvalue weighted by Gasteiger charge is -2.28. The van der Waals surface area contributed by atoms with E-state index in [2.05, 4.69) is 23.2 Å². The molecule has 4 nitrogen and oxygen atoms in total. The van der Waals surface area contributed by atoms with Gasteiger partial charge < -0.3 is 9.80 Å². The minimum Gasteiger partial charge on any atom is -0.333 e. The number of nitrogens with zero attached hydrogens (tertiary/aromatic N) is 3. The van der Waals surface area contributed by atoms with E-state index in [1.54, 1.807) is 0 Å². The number of aromatic nitrogens is 1. The molecule has 0 atom stereocenters. The molecule has 0 saturated carbocycles. The summed E-state index contributed by atoms with van der Waals surface area (Å²) in [7, 11) is 1.97. The Balaban J connectivity index is 1.52. The number of rotatable bonds is 3. The third-order valence-corrected chi connectivity index (χ3v) is 5.48. The summed E-state index contributed by atoms with van der Waals surface area (Å²) in [5, 5.41) is 2.68. The van der Waals surface area contributed by atoms with E-state index in [9.17, 15) is 4.79 Å². The molecule has 126 valence electrons. The van der Waals surface area contributed by atoms with Crippen molar-refractivity contribution in [3.63, 3.8) is 0 Å². The lowest BCUT2D eigenvalue weighted by Crippen LogP contribution is -2.36. The number of hydrogen-bond acceptors (Lipinski definition) is 4. The zero-order valence-corrected chi connectivity index (χ0v) is 14.9. The molecule has 4 rings (SSSR count). The molecule has 2 heterocycles. The standard InChI is InChI=1S/C20H19N3OS/c1-22(17-9-3-2-4-10-17)20-21-18(14-25-20)19(24)23-12-11-15-7-5-6-8-16(15)13-23/h2-10,14H,11-13H2,1H3. The quantitative estimate of drug-likeness (QED) is 0.714. The van der Waals surface area contributed by atoms with Gasteiger partial charge in [-0.2, -0.15) is 0 Å². The summed E-state index contributed by atoms with van der Waals surface area (Å²) < 4.78 is 0. The van der Waals surface area contributed by atoms with E-state index in [1.807, 2.05) is 58.6 Å². The third-order valence-electron chi connectivity index (χ3n) is 4.56. The zero-order valence-electron chi connectivity index (χ0n) is 14.1. The van der Waals surface area contributed by atoms with Gasteiger partial charge in [-0.05, 0) is 29.7 Å². The first-order valence-electron chi connectivity index (χ1n) is 8.33. The molecule has 0 N–H and O–H groups in total. The smallest absolute Gasteiger partial charge is 0.273 e. The van der Waals surface area contributed by atoms with Crippen molar-refractivity contribution < 1.29 is 4.79 Å². The van der Waals surface area contributed by atoms with Gasteiger partial charge >= 0.3 is 0 Å². The molecule has 0 radical (unpaired) electrons. The number of fused-ring (bicyclic) bond motifs is 1. The second-order valence-electron chi connectivity index (χ2n) is 6.16. The van der Waals surface area contributed by atoms with Gasteiger partial charge in [-0.1, -0.05) is 42.5 Å². The van der Waals surface area contributed by atoms with Crippen LogP contribution >= 0.6 is 11.3 Å². The summed E-state index contributed by atoms with van der Waals surface area (Å²) in [4.78, 5) is 21.3. The van der Waals surface area contributed by atoms with Crippen LogP contribution in [0.25, 0.3) is 0 Å². The number of carbonyl (C=O) groups excluding carboxylic acids is 1. The van der Waals surface area contributed by atoms with E-state index in [1.165, 1.54) is 22.5 Å². The maximum absolute atomic E-state index is 12.8. The second-order valence-corrected chi connectivity index (χ2v) is 6.99. The number of thiazole rings is 1. The summed E-state index contributed by atoms with van der Waals surface area (Å²) in [5.74, 6) is 0.0125. The molecule has 1 aromatic heterocycles. The van der Waals surface area contributed by atoms with Gasteiger partial charge in [0.05, 0.1) is 0 Å². The topological polar surface area (TPSA) is 36.4 Å². The van der Waals surface area contributed by atoms with Crippen molar-refractivity contribution in [1.29, 1.82) is 0 Å². The number of hydrogen-bond donors (Lipinski definition) is 0. The normalized spacial score (nSPS) is 13.4. The molecular weight excluding hydrogens is 330 g/mol. The summed E-state index contributed by atoms with van der Waals surface area (Å²) in [6.07, 6.45) is 0.906. The predicted molar refractivity (Wildman–Crippen MR) is 102 cm³/mol. The Morgan fingerprint density at radius 1 is 1.08 bits per heavy atom. The van der Waals surface area contributed by atoms with E-state index in [4.69, 9.17) is 0 Å². The highest BCUT2D eigenvalue weighted by Crippen LogP contribution is 2.28. The maximum Gasteiger partial charge on any atom is 0.273 e. The Morgan fingerprint density at radius 3 is 2.60 bits per heavy atom. The Morgan fingerprint density at radius 2 is 1.80 bits per heavy atom. The molecule has 25 heavy (non-hydrogen) atoms. The first kappa shape index (κ1) is 15.8. The molecule has 1 amide bonds. The lowest BCUT2D eigenvalue weighted by atomic mass is 10.00. The molecule has 0 spiro atoms. The van der Waals surface area contributed by atoms with Gasteiger partial charge in [-0.25, -0.2) is 4.98 Å². The summed E-state index contributed by atoms with van der Waals surface area (Å²) in [5.41, 5.74) is 4.16. The number of benzene rings is 2. The highest BCUT2D eigenvalue weighted by Gasteiger charge is 2.24. The summed E-state index contributed by atoms with van der Waals surface area (Å²) in [6, 6.07) is 18.4. The number of para-hydroxylation sites is 1. The lowest BCUT2D eigenvalue weighted by molar-refractivity contribution is 0.0729. The monoisotopic (exact) mass is 349 g/mol. The highest BCUT2D eigenvalue weighted by molar-refractivity contribution is 7.14. The largest absolute Gasteiger partial charge is 0.333 e. The second kappa shape index (κ2) is 6.69. The summed E-state index contributed by atoms with van der Waals surface area (Å²) in [6.45, 7) is 1.41. The average molecular weight is 349 g/mol. The molecule has 2 aromatic carbocycles. The molecule has 0 fully saturated rings. The minimum absolute atomic E-state index is 0.0125. The van der Waals surface area contributed by atoms with E-state index in [0.717, 1.165) is 23.8 Å². The van der Waals surface area contributed by atoms with Crippen LogP contribution in [0.3, 0.4) is 0 Å². The van der Waals surface area contributed by atoms with Crippen molar-refractivity contribution in [3.05, 3.63) is 76.8 Å². The van der Waals surface area contributed by atoms with Gasteiger partial charge in [-0.15, -0.1) is 11.3 Å². The van der Waals surface area contributed by atoms with Crippen LogP contribution in [-0.2, 0) is 13.0 Å².